The molecule has 2 heterocycles. The maximum absolute atomic E-state index is 11.5. The van der Waals surface area contributed by atoms with Gasteiger partial charge < -0.3 is 40.3 Å². The van der Waals surface area contributed by atoms with Gasteiger partial charge >= 0.3 is 0 Å². The third-order valence-corrected chi connectivity index (χ3v) is 4.21. The second kappa shape index (κ2) is 4.38. The van der Waals surface area contributed by atoms with Crippen molar-refractivity contribution in [1.82, 2.24) is 4.98 Å². The normalized spacial score (nSPS) is 24.1. The second-order valence-electron chi connectivity index (χ2n) is 5.65. The molecular formula is C14H13N2O6-. The lowest BCUT2D eigenvalue weighted by atomic mass is 9.85. The lowest BCUT2D eigenvalue weighted by Gasteiger charge is -2.37. The van der Waals surface area contributed by atoms with Crippen LogP contribution >= 0.6 is 0 Å². The predicted molar refractivity (Wildman–Crippen MR) is 68.4 cm³/mol. The van der Waals surface area contributed by atoms with Crippen LogP contribution in [0.2, 0.25) is 0 Å². The fourth-order valence-electron chi connectivity index (χ4n) is 3.02. The molecule has 0 aliphatic carbocycles. The van der Waals surface area contributed by atoms with Crippen LogP contribution in [0.1, 0.15) is 18.2 Å². The molecule has 1 aliphatic heterocycles. The zero-order chi connectivity index (χ0) is 16.2. The number of aromatic amines is 1. The Morgan fingerprint density at radius 2 is 1.95 bits per heavy atom. The van der Waals surface area contributed by atoms with Gasteiger partial charge in [0.25, 0.3) is 0 Å². The molecule has 0 radical (unpaired) electrons. The van der Waals surface area contributed by atoms with Gasteiger partial charge in [-0.05, 0) is 11.6 Å². The minimum atomic E-state index is -1.64. The first-order valence-corrected chi connectivity index (χ1v) is 6.59. The van der Waals surface area contributed by atoms with E-state index in [1.54, 1.807) is 0 Å². The molecule has 0 saturated heterocycles. The van der Waals surface area contributed by atoms with E-state index in [4.69, 9.17) is 0 Å². The van der Waals surface area contributed by atoms with Crippen LogP contribution in [-0.4, -0.2) is 33.2 Å². The lowest BCUT2D eigenvalue weighted by molar-refractivity contribution is -0.752. The predicted octanol–water partition coefficient (Wildman–Crippen LogP) is -3.22. The van der Waals surface area contributed by atoms with Crippen LogP contribution in [0.3, 0.4) is 0 Å². The molecule has 3 rings (SSSR count). The molecule has 0 unspecified atom stereocenters. The first-order valence-electron chi connectivity index (χ1n) is 6.59. The molecule has 5 N–H and O–H groups in total. The van der Waals surface area contributed by atoms with Crippen molar-refractivity contribution in [2.45, 2.75) is 24.9 Å². The molecule has 116 valence electrons. The van der Waals surface area contributed by atoms with Gasteiger partial charge in [0.1, 0.15) is 12.0 Å². The van der Waals surface area contributed by atoms with Crippen molar-refractivity contribution in [3.8, 4) is 11.5 Å². The number of carboxylic acids is 2. The molecule has 0 bridgehead atoms. The molecule has 0 fully saturated rings. The Morgan fingerprint density at radius 3 is 2.55 bits per heavy atom. The minimum absolute atomic E-state index is 0.0325. The summed E-state index contributed by atoms with van der Waals surface area (Å²) in [5.41, 5.74) is -0.498. The summed E-state index contributed by atoms with van der Waals surface area (Å²) in [6.45, 7) is 1.34. The van der Waals surface area contributed by atoms with E-state index in [9.17, 15) is 30.0 Å². The van der Waals surface area contributed by atoms with Crippen molar-refractivity contribution in [1.29, 1.82) is 0 Å². The van der Waals surface area contributed by atoms with E-state index in [0.717, 1.165) is 0 Å². The van der Waals surface area contributed by atoms with Gasteiger partial charge in [0, 0.05) is 24.8 Å². The average Bonchev–Trinajstić information content (AvgIpc) is 2.78. The van der Waals surface area contributed by atoms with Crippen molar-refractivity contribution >= 4 is 22.8 Å². The smallest absolute Gasteiger partial charge is 0.174 e. The molecule has 8 nitrogen and oxygen atoms in total. The summed E-state index contributed by atoms with van der Waals surface area (Å²) in [6.07, 6.45) is 0.0325. The van der Waals surface area contributed by atoms with Crippen LogP contribution in [0.25, 0.3) is 10.9 Å². The first-order chi connectivity index (χ1) is 10.2. The number of rotatable bonds is 2. The summed E-state index contributed by atoms with van der Waals surface area (Å²) >= 11 is 0. The Hall–Kier alpha value is -2.74. The number of aromatic nitrogens is 1. The lowest BCUT2D eigenvalue weighted by Crippen LogP contribution is -3.05. The zero-order valence-corrected chi connectivity index (χ0v) is 11.5. The molecule has 0 saturated carbocycles. The Balaban J connectivity index is 2.31. The van der Waals surface area contributed by atoms with E-state index < -0.39 is 23.5 Å². The second-order valence-corrected chi connectivity index (χ2v) is 5.65. The third-order valence-electron chi connectivity index (χ3n) is 4.21. The molecule has 0 amide bonds. The topological polar surface area (TPSA) is 153 Å². The standard InChI is InChI=1S/C14H14N2O6/c1-14(13(21)22)11-6(2-8(16-14)12(19)20)5-3-9(17)10(18)4-7(5)15-11/h3-4,8,15-18H,2H2,1H3,(H,19,20)(H,21,22)/p-1/t8-,14+/m0/s1. The minimum Gasteiger partial charge on any atom is -0.544 e. The van der Waals surface area contributed by atoms with E-state index in [-0.39, 0.29) is 23.6 Å². The number of hydrogen-bond donors (Lipinski definition) is 4. The largest absolute Gasteiger partial charge is 0.544 e. The number of fused-ring (bicyclic) bond motifs is 3. The number of aliphatic carboxylic acids is 2. The quantitative estimate of drug-likeness (QED) is 0.428. The summed E-state index contributed by atoms with van der Waals surface area (Å²) in [5, 5.41) is 43.5. The fraction of sp³-hybridized carbons (Fsp3) is 0.286. The van der Waals surface area contributed by atoms with Crippen LogP contribution in [0.5, 0.6) is 11.5 Å². The SMILES string of the molecule is C[C@@]1(C(=O)[O-])[NH2+][C@H](C(=O)[O-])Cc2c1[nH]c1cc(O)c(O)cc21. The Labute approximate surface area is 124 Å². The molecular weight excluding hydrogens is 292 g/mol. The van der Waals surface area contributed by atoms with E-state index in [1.165, 1.54) is 24.4 Å². The summed E-state index contributed by atoms with van der Waals surface area (Å²) in [7, 11) is 0. The third kappa shape index (κ3) is 1.81. The van der Waals surface area contributed by atoms with E-state index in [2.05, 4.69) is 4.98 Å². The Kier molecular flexibility index (Phi) is 2.83. The molecule has 2 atom stereocenters. The van der Waals surface area contributed by atoms with Crippen molar-refractivity contribution in [3.63, 3.8) is 0 Å². The summed E-state index contributed by atoms with van der Waals surface area (Å²) in [4.78, 5) is 25.6. The average molecular weight is 305 g/mol. The van der Waals surface area contributed by atoms with Gasteiger partial charge in [-0.15, -0.1) is 0 Å². The number of carbonyl (C=O) groups excluding carboxylic acids is 2. The maximum atomic E-state index is 11.5. The van der Waals surface area contributed by atoms with Crippen LogP contribution < -0.4 is 15.5 Å². The Bertz CT molecular complexity index is 811. The van der Waals surface area contributed by atoms with Gasteiger partial charge in [0.05, 0.1) is 17.2 Å². The van der Waals surface area contributed by atoms with Crippen molar-refractivity contribution in [2.24, 2.45) is 0 Å². The van der Waals surface area contributed by atoms with Gasteiger partial charge in [0.15, 0.2) is 17.0 Å². The molecule has 8 heteroatoms. The van der Waals surface area contributed by atoms with E-state index in [1.807, 2.05) is 0 Å². The number of carbonyl (C=O) groups is 2. The molecule has 22 heavy (non-hydrogen) atoms. The molecule has 2 aromatic rings. The van der Waals surface area contributed by atoms with Crippen LogP contribution in [-0.2, 0) is 21.5 Å². The number of quaternary nitrogens is 1. The molecule has 1 aromatic heterocycles. The van der Waals surface area contributed by atoms with Crippen LogP contribution in [0.4, 0.5) is 0 Å². The summed E-state index contributed by atoms with van der Waals surface area (Å²) < 4.78 is 0. The Morgan fingerprint density at radius 1 is 1.32 bits per heavy atom. The van der Waals surface area contributed by atoms with Gasteiger partial charge in [-0.1, -0.05) is 0 Å². The van der Waals surface area contributed by atoms with Crippen LogP contribution in [0.15, 0.2) is 12.1 Å². The van der Waals surface area contributed by atoms with Crippen molar-refractivity contribution < 1.29 is 35.3 Å². The monoisotopic (exact) mass is 305 g/mol. The number of nitrogens with two attached hydrogens (primary N) is 1. The van der Waals surface area contributed by atoms with Gasteiger partial charge in [-0.2, -0.15) is 0 Å². The number of hydrogen-bond acceptors (Lipinski definition) is 6. The van der Waals surface area contributed by atoms with E-state index in [0.29, 0.717) is 16.5 Å². The number of carboxylic acid groups (broad SMARTS) is 2. The number of aromatic hydroxyl groups is 2. The summed E-state index contributed by atoms with van der Waals surface area (Å²) in [6, 6.07) is 1.44. The van der Waals surface area contributed by atoms with Crippen LogP contribution in [0, 0.1) is 0 Å². The highest BCUT2D eigenvalue weighted by molar-refractivity contribution is 5.91. The number of nitrogens with one attached hydrogen (secondary N) is 1. The van der Waals surface area contributed by atoms with Gasteiger partial charge in [0.2, 0.25) is 0 Å². The van der Waals surface area contributed by atoms with Crippen molar-refractivity contribution in [2.75, 3.05) is 0 Å². The number of phenolic OH excluding ortho intramolecular Hbond substituents is 2. The number of benzene rings is 1. The first kappa shape index (κ1) is 14.2. The molecule has 0 spiro atoms. The van der Waals surface area contributed by atoms with Gasteiger partial charge in [-0.25, -0.2) is 0 Å². The molecule has 1 aliphatic rings. The fourth-order valence-corrected chi connectivity index (χ4v) is 3.02. The summed E-state index contributed by atoms with van der Waals surface area (Å²) in [5.74, 6) is -3.55. The van der Waals surface area contributed by atoms with E-state index >= 15 is 0 Å². The molecule has 1 aromatic carbocycles. The van der Waals surface area contributed by atoms with Gasteiger partial charge in [-0.3, -0.25) is 0 Å². The number of H-pyrrole nitrogens is 1. The highest BCUT2D eigenvalue weighted by Gasteiger charge is 2.44. The maximum Gasteiger partial charge on any atom is 0.174 e. The highest BCUT2D eigenvalue weighted by atomic mass is 16.4. The van der Waals surface area contributed by atoms with Crippen molar-refractivity contribution in [3.05, 3.63) is 23.4 Å². The highest BCUT2D eigenvalue weighted by Crippen LogP contribution is 2.37. The number of phenols is 2. The zero-order valence-electron chi connectivity index (χ0n) is 11.5.